The van der Waals surface area contributed by atoms with Crippen LogP contribution in [-0.2, 0) is 10.0 Å². The van der Waals surface area contributed by atoms with Crippen LogP contribution in [0.3, 0.4) is 0 Å². The van der Waals surface area contributed by atoms with E-state index in [-0.39, 0.29) is 10.8 Å². The van der Waals surface area contributed by atoms with Gasteiger partial charge in [-0.15, -0.1) is 0 Å². The second kappa shape index (κ2) is 11.0. The Kier molecular flexibility index (Phi) is 8.05. The Morgan fingerprint density at radius 3 is 2.31 bits per heavy atom. The predicted molar refractivity (Wildman–Crippen MR) is 143 cm³/mol. The van der Waals surface area contributed by atoms with Crippen molar-refractivity contribution in [2.75, 3.05) is 56.5 Å². The summed E-state index contributed by atoms with van der Waals surface area (Å²) in [5.74, 6) is -0.281. The van der Waals surface area contributed by atoms with Gasteiger partial charge in [0.15, 0.2) is 5.13 Å². The molecule has 0 bridgehead atoms. The topological polar surface area (TPSA) is 85.8 Å². The van der Waals surface area contributed by atoms with Crippen LogP contribution in [0.25, 0.3) is 10.2 Å². The number of aromatic nitrogens is 1. The van der Waals surface area contributed by atoms with Gasteiger partial charge in [0.2, 0.25) is 10.0 Å². The molecule has 0 aliphatic carbocycles. The first kappa shape index (κ1) is 25.6. The van der Waals surface area contributed by atoms with Gasteiger partial charge in [0, 0.05) is 50.5 Å². The fourth-order valence-electron chi connectivity index (χ4n) is 4.10. The summed E-state index contributed by atoms with van der Waals surface area (Å²) in [5.41, 5.74) is 2.01. The maximum absolute atomic E-state index is 13.0. The molecule has 0 unspecified atom stereocenters. The summed E-state index contributed by atoms with van der Waals surface area (Å²) in [5, 5.41) is 3.93. The van der Waals surface area contributed by atoms with Crippen LogP contribution in [0.15, 0.2) is 47.4 Å². The molecule has 10 heteroatoms. The molecule has 2 heterocycles. The summed E-state index contributed by atoms with van der Waals surface area (Å²) in [7, 11) is -1.44. The summed E-state index contributed by atoms with van der Waals surface area (Å²) in [6.07, 6.45) is 1.50. The van der Waals surface area contributed by atoms with Gasteiger partial charge in [-0.2, -0.15) is 4.31 Å². The molecule has 188 valence electrons. The van der Waals surface area contributed by atoms with Gasteiger partial charge in [-0.05, 0) is 62.4 Å². The van der Waals surface area contributed by atoms with Crippen molar-refractivity contribution in [3.63, 3.8) is 0 Å². The van der Waals surface area contributed by atoms with Crippen LogP contribution < -0.4 is 10.2 Å². The van der Waals surface area contributed by atoms with Crippen molar-refractivity contribution in [1.82, 2.24) is 14.2 Å². The fourth-order valence-corrected chi connectivity index (χ4v) is 6.79. The summed E-state index contributed by atoms with van der Waals surface area (Å²) in [6, 6.07) is 11.9. The molecule has 0 atom stereocenters. The number of likely N-dealkylation sites (N-methyl/N-ethyl adjacent to an activating group) is 1. The number of piperazine rings is 1. The predicted octanol–water partition coefficient (Wildman–Crippen LogP) is 4.11. The lowest BCUT2D eigenvalue weighted by Crippen LogP contribution is -2.44. The van der Waals surface area contributed by atoms with Gasteiger partial charge in [0.25, 0.3) is 5.91 Å². The molecule has 35 heavy (non-hydrogen) atoms. The molecule has 3 aromatic rings. The van der Waals surface area contributed by atoms with E-state index in [2.05, 4.69) is 22.2 Å². The highest BCUT2D eigenvalue weighted by Gasteiger charge is 2.23. The second-order valence-electron chi connectivity index (χ2n) is 8.85. The number of fused-ring (bicyclic) bond motifs is 1. The van der Waals surface area contributed by atoms with Gasteiger partial charge in [-0.3, -0.25) is 4.79 Å². The molecule has 0 spiro atoms. The van der Waals surface area contributed by atoms with Crippen molar-refractivity contribution in [3.8, 4) is 0 Å². The zero-order chi connectivity index (χ0) is 25.0. The lowest BCUT2D eigenvalue weighted by Gasteiger charge is -2.31. The number of rotatable bonds is 9. The molecule has 1 aliphatic heterocycles. The highest BCUT2D eigenvalue weighted by molar-refractivity contribution is 7.89. The monoisotopic (exact) mass is 515 g/mol. The summed E-state index contributed by atoms with van der Waals surface area (Å²) in [6.45, 7) is 8.84. The molecule has 1 saturated heterocycles. The SMILES string of the molecule is CCCN(CCC)S(=O)(=O)c1ccc(C(=O)Nc2ccc3nc(N4CCN(C)CC4)sc3c2)cc1. The molecule has 4 rings (SSSR count). The van der Waals surface area contributed by atoms with Crippen LogP contribution in [0, 0.1) is 0 Å². The van der Waals surface area contributed by atoms with Crippen LogP contribution in [-0.4, -0.2) is 74.8 Å². The number of hydrogen-bond acceptors (Lipinski definition) is 7. The number of hydrogen-bond donors (Lipinski definition) is 1. The Morgan fingerprint density at radius 1 is 1.03 bits per heavy atom. The smallest absolute Gasteiger partial charge is 0.255 e. The third-order valence-electron chi connectivity index (χ3n) is 6.11. The highest BCUT2D eigenvalue weighted by Crippen LogP contribution is 2.31. The number of benzene rings is 2. The van der Waals surface area contributed by atoms with Gasteiger partial charge in [0.1, 0.15) is 0 Å². The number of nitrogens with zero attached hydrogens (tertiary/aromatic N) is 4. The average molecular weight is 516 g/mol. The zero-order valence-corrected chi connectivity index (χ0v) is 22.2. The first-order chi connectivity index (χ1) is 16.8. The van der Waals surface area contributed by atoms with Crippen molar-refractivity contribution in [2.24, 2.45) is 0 Å². The van der Waals surface area contributed by atoms with E-state index in [1.807, 2.05) is 32.0 Å². The van der Waals surface area contributed by atoms with E-state index in [9.17, 15) is 13.2 Å². The lowest BCUT2D eigenvalue weighted by atomic mass is 10.2. The first-order valence-corrected chi connectivity index (χ1v) is 14.3. The second-order valence-corrected chi connectivity index (χ2v) is 11.8. The van der Waals surface area contributed by atoms with E-state index in [4.69, 9.17) is 4.98 Å². The van der Waals surface area contributed by atoms with Gasteiger partial charge in [-0.1, -0.05) is 25.2 Å². The number of carbonyl (C=O) groups is 1. The van der Waals surface area contributed by atoms with Crippen LogP contribution in [0.5, 0.6) is 0 Å². The molecule has 1 amide bonds. The minimum absolute atomic E-state index is 0.207. The number of amides is 1. The third-order valence-corrected chi connectivity index (χ3v) is 9.10. The first-order valence-electron chi connectivity index (χ1n) is 12.1. The summed E-state index contributed by atoms with van der Waals surface area (Å²) in [4.78, 5) is 22.4. The Balaban J connectivity index is 1.46. The molecule has 1 aliphatic rings. The van der Waals surface area contributed by atoms with E-state index < -0.39 is 10.0 Å². The number of sulfonamides is 1. The van der Waals surface area contributed by atoms with Crippen molar-refractivity contribution >= 4 is 48.3 Å². The van der Waals surface area contributed by atoms with Crippen LogP contribution in [0.1, 0.15) is 37.0 Å². The standard InChI is InChI=1S/C25H33N5O3S2/c1-4-12-30(13-5-2)35(32,33)21-9-6-19(7-10-21)24(31)26-20-8-11-22-23(18-20)34-25(27-22)29-16-14-28(3)15-17-29/h6-11,18H,4-5,12-17H2,1-3H3,(H,26,31). The normalized spacial score (nSPS) is 15.1. The Morgan fingerprint density at radius 2 is 1.69 bits per heavy atom. The third kappa shape index (κ3) is 5.83. The molecule has 1 fully saturated rings. The van der Waals surface area contributed by atoms with E-state index in [1.54, 1.807) is 23.5 Å². The number of nitrogens with one attached hydrogen (secondary N) is 1. The quantitative estimate of drug-likeness (QED) is 0.462. The van der Waals surface area contributed by atoms with Crippen molar-refractivity contribution in [1.29, 1.82) is 0 Å². The van der Waals surface area contributed by atoms with E-state index in [0.29, 0.717) is 24.3 Å². The fraction of sp³-hybridized carbons (Fsp3) is 0.440. The molecule has 0 saturated carbocycles. The van der Waals surface area contributed by atoms with Gasteiger partial charge in [-0.25, -0.2) is 13.4 Å². The lowest BCUT2D eigenvalue weighted by molar-refractivity contribution is 0.102. The molecule has 8 nitrogen and oxygen atoms in total. The van der Waals surface area contributed by atoms with Crippen molar-refractivity contribution in [2.45, 2.75) is 31.6 Å². The minimum atomic E-state index is -3.57. The molecule has 1 aromatic heterocycles. The molecule has 2 aromatic carbocycles. The summed E-state index contributed by atoms with van der Waals surface area (Å²) >= 11 is 1.63. The van der Waals surface area contributed by atoms with Crippen LogP contribution in [0.2, 0.25) is 0 Å². The Bertz CT molecular complexity index is 1260. The van der Waals surface area contributed by atoms with Crippen molar-refractivity contribution in [3.05, 3.63) is 48.0 Å². The van der Waals surface area contributed by atoms with E-state index in [1.165, 1.54) is 16.4 Å². The van der Waals surface area contributed by atoms with Gasteiger partial charge >= 0.3 is 0 Å². The highest BCUT2D eigenvalue weighted by atomic mass is 32.2. The average Bonchev–Trinajstić information content (AvgIpc) is 3.28. The Labute approximate surface area is 211 Å². The number of carbonyl (C=O) groups excluding carboxylic acids is 1. The minimum Gasteiger partial charge on any atom is -0.345 e. The number of anilines is 2. The maximum Gasteiger partial charge on any atom is 0.255 e. The Hall–Kier alpha value is -2.53. The van der Waals surface area contributed by atoms with Crippen LogP contribution in [0.4, 0.5) is 10.8 Å². The largest absolute Gasteiger partial charge is 0.345 e. The van der Waals surface area contributed by atoms with E-state index >= 15 is 0 Å². The number of thiazole rings is 1. The van der Waals surface area contributed by atoms with E-state index in [0.717, 1.165) is 54.4 Å². The maximum atomic E-state index is 13.0. The zero-order valence-electron chi connectivity index (χ0n) is 20.5. The molecular weight excluding hydrogens is 482 g/mol. The molecular formula is C25H33N5O3S2. The molecule has 0 radical (unpaired) electrons. The van der Waals surface area contributed by atoms with Crippen LogP contribution >= 0.6 is 11.3 Å². The van der Waals surface area contributed by atoms with Gasteiger partial charge in [0.05, 0.1) is 15.1 Å². The van der Waals surface area contributed by atoms with Gasteiger partial charge < -0.3 is 15.1 Å². The molecule has 1 N–H and O–H groups in total. The summed E-state index contributed by atoms with van der Waals surface area (Å²) < 4.78 is 28.4. The van der Waals surface area contributed by atoms with Crippen molar-refractivity contribution < 1.29 is 13.2 Å².